The number of hydrogen-bond donors (Lipinski definition) is 0. The first kappa shape index (κ1) is 17.7. The van der Waals surface area contributed by atoms with E-state index in [-0.39, 0.29) is 0 Å². The topological polar surface area (TPSA) is 82.5 Å². The van der Waals surface area contributed by atoms with Gasteiger partial charge in [-0.15, -0.1) is 10.2 Å². The minimum absolute atomic E-state index is 0.700. The van der Waals surface area contributed by atoms with Gasteiger partial charge in [-0.3, -0.25) is 0 Å². The van der Waals surface area contributed by atoms with E-state index in [0.29, 0.717) is 6.54 Å². The van der Waals surface area contributed by atoms with Crippen molar-refractivity contribution in [1.82, 2.24) is 30.1 Å². The SMILES string of the molecule is Cc1ccc(-c2ccc3c(c2)-c2nnc(-c4c(-c5ccccc5)noc4C)n2C3)nn1. The molecule has 1 aliphatic rings. The van der Waals surface area contributed by atoms with E-state index in [1.165, 1.54) is 5.56 Å². The van der Waals surface area contributed by atoms with Gasteiger partial charge in [-0.25, -0.2) is 0 Å². The third-order valence-corrected chi connectivity index (χ3v) is 5.66. The Labute approximate surface area is 178 Å². The lowest BCUT2D eigenvalue weighted by atomic mass is 10.0. The van der Waals surface area contributed by atoms with Gasteiger partial charge >= 0.3 is 0 Å². The van der Waals surface area contributed by atoms with Crippen LogP contribution in [0.1, 0.15) is 17.0 Å². The average Bonchev–Trinajstić information content (AvgIpc) is 3.48. The Morgan fingerprint density at radius 2 is 1.65 bits per heavy atom. The van der Waals surface area contributed by atoms with Crippen molar-refractivity contribution in [1.29, 1.82) is 0 Å². The number of benzene rings is 2. The number of aromatic nitrogens is 6. The molecule has 6 rings (SSSR count). The van der Waals surface area contributed by atoms with E-state index in [0.717, 1.165) is 56.7 Å². The van der Waals surface area contributed by atoms with Gasteiger partial charge in [-0.1, -0.05) is 47.6 Å². The molecule has 4 heterocycles. The van der Waals surface area contributed by atoms with Gasteiger partial charge in [0.25, 0.3) is 0 Å². The molecule has 5 aromatic rings. The molecule has 0 aliphatic carbocycles. The largest absolute Gasteiger partial charge is 0.360 e. The predicted octanol–water partition coefficient (Wildman–Crippen LogP) is 4.70. The van der Waals surface area contributed by atoms with Crippen molar-refractivity contribution in [3.05, 3.63) is 77.7 Å². The zero-order chi connectivity index (χ0) is 20.9. The minimum Gasteiger partial charge on any atom is -0.360 e. The molecular weight excluding hydrogens is 388 g/mol. The Morgan fingerprint density at radius 3 is 2.45 bits per heavy atom. The number of fused-ring (bicyclic) bond motifs is 3. The molecule has 0 bridgehead atoms. The molecule has 150 valence electrons. The van der Waals surface area contributed by atoms with Gasteiger partial charge in [-0.05, 0) is 37.6 Å². The van der Waals surface area contributed by atoms with Gasteiger partial charge < -0.3 is 9.09 Å². The third-order valence-electron chi connectivity index (χ3n) is 5.66. The fourth-order valence-corrected chi connectivity index (χ4v) is 4.07. The van der Waals surface area contributed by atoms with Crippen molar-refractivity contribution in [3.63, 3.8) is 0 Å². The molecule has 0 unspecified atom stereocenters. The Morgan fingerprint density at radius 1 is 0.806 bits per heavy atom. The van der Waals surface area contributed by atoms with Crippen molar-refractivity contribution in [3.8, 4) is 45.3 Å². The summed E-state index contributed by atoms with van der Waals surface area (Å²) in [6.07, 6.45) is 0. The van der Waals surface area contributed by atoms with Gasteiger partial charge in [-0.2, -0.15) is 10.2 Å². The molecule has 31 heavy (non-hydrogen) atoms. The zero-order valence-electron chi connectivity index (χ0n) is 17.1. The summed E-state index contributed by atoms with van der Waals surface area (Å²) in [6.45, 7) is 4.54. The minimum atomic E-state index is 0.700. The van der Waals surface area contributed by atoms with Crippen LogP contribution in [0, 0.1) is 13.8 Å². The van der Waals surface area contributed by atoms with Crippen molar-refractivity contribution in [2.24, 2.45) is 0 Å². The van der Waals surface area contributed by atoms with Crippen molar-refractivity contribution >= 4 is 0 Å². The molecule has 0 saturated carbocycles. The summed E-state index contributed by atoms with van der Waals surface area (Å²) in [4.78, 5) is 0. The molecule has 0 saturated heterocycles. The number of hydrogen-bond acceptors (Lipinski definition) is 6. The van der Waals surface area contributed by atoms with Crippen LogP contribution in [-0.2, 0) is 6.54 Å². The molecule has 0 N–H and O–H groups in total. The lowest BCUT2D eigenvalue weighted by Crippen LogP contribution is -1.98. The second-order valence-electron chi connectivity index (χ2n) is 7.69. The average molecular weight is 406 g/mol. The Kier molecular flexibility index (Phi) is 3.83. The Bertz CT molecular complexity index is 1420. The summed E-state index contributed by atoms with van der Waals surface area (Å²) in [7, 11) is 0. The molecule has 0 amide bonds. The quantitative estimate of drug-likeness (QED) is 0.424. The lowest BCUT2D eigenvalue weighted by Gasteiger charge is -2.04. The zero-order valence-corrected chi connectivity index (χ0v) is 17.1. The fourth-order valence-electron chi connectivity index (χ4n) is 4.07. The first-order valence-electron chi connectivity index (χ1n) is 10.1. The standard InChI is InChI=1S/C24H18N6O/c1-14-8-11-20(26-25-14)17-9-10-18-13-30-23(19(18)12-17)27-28-24(30)21-15(2)31-29-22(21)16-6-4-3-5-7-16/h3-12H,13H2,1-2H3. The summed E-state index contributed by atoms with van der Waals surface area (Å²) in [6, 6.07) is 20.3. The summed E-state index contributed by atoms with van der Waals surface area (Å²) in [5, 5.41) is 21.9. The van der Waals surface area contributed by atoms with Crippen LogP contribution in [0.4, 0.5) is 0 Å². The van der Waals surface area contributed by atoms with Gasteiger partial charge in [0, 0.05) is 16.7 Å². The number of nitrogens with zero attached hydrogens (tertiary/aromatic N) is 6. The molecule has 7 nitrogen and oxygen atoms in total. The summed E-state index contributed by atoms with van der Waals surface area (Å²) in [5.41, 5.74) is 7.65. The van der Waals surface area contributed by atoms with E-state index in [9.17, 15) is 0 Å². The highest BCUT2D eigenvalue weighted by Crippen LogP contribution is 2.39. The maximum absolute atomic E-state index is 5.55. The molecule has 0 fully saturated rings. The first-order chi connectivity index (χ1) is 15.2. The van der Waals surface area contributed by atoms with E-state index in [1.807, 2.05) is 56.3 Å². The van der Waals surface area contributed by atoms with Crippen molar-refractivity contribution in [2.45, 2.75) is 20.4 Å². The summed E-state index contributed by atoms with van der Waals surface area (Å²) in [5.74, 6) is 2.33. The predicted molar refractivity (Wildman–Crippen MR) is 116 cm³/mol. The maximum atomic E-state index is 5.55. The Balaban J connectivity index is 1.46. The van der Waals surface area contributed by atoms with E-state index < -0.39 is 0 Å². The van der Waals surface area contributed by atoms with E-state index >= 15 is 0 Å². The van der Waals surface area contributed by atoms with Gasteiger partial charge in [0.05, 0.1) is 23.5 Å². The van der Waals surface area contributed by atoms with E-state index in [4.69, 9.17) is 4.52 Å². The highest BCUT2D eigenvalue weighted by molar-refractivity contribution is 5.81. The highest BCUT2D eigenvalue weighted by atomic mass is 16.5. The molecule has 0 atom stereocenters. The summed E-state index contributed by atoms with van der Waals surface area (Å²) < 4.78 is 7.68. The van der Waals surface area contributed by atoms with Crippen LogP contribution >= 0.6 is 0 Å². The second kappa shape index (κ2) is 6.70. The van der Waals surface area contributed by atoms with Crippen molar-refractivity contribution < 1.29 is 4.52 Å². The van der Waals surface area contributed by atoms with E-state index in [2.05, 4.69) is 48.3 Å². The van der Waals surface area contributed by atoms with Crippen LogP contribution in [0.3, 0.4) is 0 Å². The molecule has 7 heteroatoms. The van der Waals surface area contributed by atoms with Crippen LogP contribution < -0.4 is 0 Å². The molecule has 1 aliphatic heterocycles. The van der Waals surface area contributed by atoms with Crippen LogP contribution in [0.5, 0.6) is 0 Å². The second-order valence-corrected chi connectivity index (χ2v) is 7.69. The summed E-state index contributed by atoms with van der Waals surface area (Å²) >= 11 is 0. The van der Waals surface area contributed by atoms with Gasteiger partial charge in [0.1, 0.15) is 11.5 Å². The lowest BCUT2D eigenvalue weighted by molar-refractivity contribution is 0.400. The van der Waals surface area contributed by atoms with Gasteiger partial charge in [0.2, 0.25) is 0 Å². The number of aryl methyl sites for hydroxylation is 2. The van der Waals surface area contributed by atoms with Gasteiger partial charge in [0.15, 0.2) is 11.6 Å². The molecular formula is C24H18N6O. The first-order valence-corrected chi connectivity index (χ1v) is 10.1. The molecule has 0 spiro atoms. The van der Waals surface area contributed by atoms with Crippen LogP contribution in [0.15, 0.2) is 65.2 Å². The van der Waals surface area contributed by atoms with E-state index in [1.54, 1.807) is 0 Å². The third kappa shape index (κ3) is 2.78. The van der Waals surface area contributed by atoms with Crippen LogP contribution in [0.2, 0.25) is 0 Å². The molecule has 2 aromatic carbocycles. The van der Waals surface area contributed by atoms with Crippen LogP contribution in [0.25, 0.3) is 45.3 Å². The molecule has 3 aromatic heterocycles. The fraction of sp³-hybridized carbons (Fsp3) is 0.125. The molecule has 0 radical (unpaired) electrons. The smallest absolute Gasteiger partial charge is 0.170 e. The van der Waals surface area contributed by atoms with Crippen molar-refractivity contribution in [2.75, 3.05) is 0 Å². The Hall–Kier alpha value is -4.13. The number of rotatable bonds is 3. The maximum Gasteiger partial charge on any atom is 0.170 e. The van der Waals surface area contributed by atoms with Crippen LogP contribution in [-0.4, -0.2) is 30.1 Å². The normalized spacial score (nSPS) is 12.1. The monoisotopic (exact) mass is 406 g/mol. The highest BCUT2D eigenvalue weighted by Gasteiger charge is 2.29.